The second-order valence-electron chi connectivity index (χ2n) is 7.07. The molecule has 1 heteroatoms. The average molecular weight is 258 g/mol. The lowest BCUT2D eigenvalue weighted by atomic mass is 9.67. The fourth-order valence-corrected chi connectivity index (χ4v) is 3.51. The molecule has 0 aromatic rings. The van der Waals surface area contributed by atoms with Crippen LogP contribution >= 0.6 is 0 Å². The normalized spacial score (nSPS) is 17.8. The van der Waals surface area contributed by atoms with E-state index in [1.54, 1.807) is 0 Å². The van der Waals surface area contributed by atoms with Crippen molar-refractivity contribution in [3.63, 3.8) is 0 Å². The molecule has 3 atom stereocenters. The maximum atomic E-state index is 13.7. The molecule has 0 amide bonds. The Balaban J connectivity index is 4.39. The third kappa shape index (κ3) is 5.71. The molecule has 3 unspecified atom stereocenters. The van der Waals surface area contributed by atoms with Crippen LogP contribution in [0.5, 0.6) is 0 Å². The summed E-state index contributed by atoms with van der Waals surface area (Å²) < 4.78 is 13.7. The molecule has 110 valence electrons. The van der Waals surface area contributed by atoms with Gasteiger partial charge < -0.3 is 0 Å². The molecule has 0 aromatic heterocycles. The third-order valence-corrected chi connectivity index (χ3v) is 4.65. The maximum Gasteiger partial charge on any atom is 0.102 e. The fourth-order valence-electron chi connectivity index (χ4n) is 3.51. The van der Waals surface area contributed by atoms with Crippen molar-refractivity contribution in [2.45, 2.75) is 86.7 Å². The monoisotopic (exact) mass is 258 g/mol. The predicted octanol–water partition coefficient (Wildman–Crippen LogP) is 6.25. The molecule has 0 N–H and O–H groups in total. The Hall–Kier alpha value is -0.0700. The Kier molecular flexibility index (Phi) is 8.14. The molecule has 0 aliphatic heterocycles. The standard InChI is InChI=1S/C17H35F/c1-8-12-17(6,7)15(9-2)14(5)10-11-16(18)13(3)4/h13-16H,8-12H2,1-7H3. The van der Waals surface area contributed by atoms with Gasteiger partial charge in [0.05, 0.1) is 0 Å². The van der Waals surface area contributed by atoms with Crippen molar-refractivity contribution in [3.05, 3.63) is 0 Å². The molecule has 0 fully saturated rings. The van der Waals surface area contributed by atoms with Gasteiger partial charge in [0, 0.05) is 0 Å². The number of alkyl halides is 1. The smallest absolute Gasteiger partial charge is 0.102 e. The van der Waals surface area contributed by atoms with Crippen LogP contribution in [0.3, 0.4) is 0 Å². The van der Waals surface area contributed by atoms with Crippen molar-refractivity contribution < 1.29 is 4.39 Å². The van der Waals surface area contributed by atoms with Crippen LogP contribution in [0.15, 0.2) is 0 Å². The summed E-state index contributed by atoms with van der Waals surface area (Å²) in [6.07, 6.45) is 4.88. The van der Waals surface area contributed by atoms with Gasteiger partial charge in [-0.1, -0.05) is 61.3 Å². The van der Waals surface area contributed by atoms with Crippen molar-refractivity contribution in [2.24, 2.45) is 23.2 Å². The summed E-state index contributed by atoms with van der Waals surface area (Å²) in [5.41, 5.74) is 0.395. The number of halogens is 1. The average Bonchev–Trinajstić information content (AvgIpc) is 2.25. The highest BCUT2D eigenvalue weighted by Crippen LogP contribution is 2.40. The van der Waals surface area contributed by atoms with Gasteiger partial charge in [-0.05, 0) is 42.4 Å². The van der Waals surface area contributed by atoms with Crippen LogP contribution in [-0.4, -0.2) is 6.17 Å². The van der Waals surface area contributed by atoms with Gasteiger partial charge in [0.2, 0.25) is 0 Å². The van der Waals surface area contributed by atoms with E-state index in [9.17, 15) is 4.39 Å². The van der Waals surface area contributed by atoms with E-state index in [-0.39, 0.29) is 5.92 Å². The molecule has 0 bridgehead atoms. The predicted molar refractivity (Wildman–Crippen MR) is 80.6 cm³/mol. The second-order valence-corrected chi connectivity index (χ2v) is 7.07. The molecule has 0 aromatic carbocycles. The van der Waals surface area contributed by atoms with Gasteiger partial charge in [-0.15, -0.1) is 0 Å². The van der Waals surface area contributed by atoms with Crippen molar-refractivity contribution in [3.8, 4) is 0 Å². The van der Waals surface area contributed by atoms with Gasteiger partial charge in [0.25, 0.3) is 0 Å². The van der Waals surface area contributed by atoms with Gasteiger partial charge in [-0.25, -0.2) is 4.39 Å². The highest BCUT2D eigenvalue weighted by atomic mass is 19.1. The Bertz CT molecular complexity index is 208. The summed E-state index contributed by atoms with van der Waals surface area (Å²) in [5, 5.41) is 0. The van der Waals surface area contributed by atoms with Crippen molar-refractivity contribution in [1.29, 1.82) is 0 Å². The van der Waals surface area contributed by atoms with Crippen LogP contribution in [-0.2, 0) is 0 Å². The van der Waals surface area contributed by atoms with E-state index < -0.39 is 6.17 Å². The van der Waals surface area contributed by atoms with Gasteiger partial charge in [0.1, 0.15) is 6.17 Å². The first-order valence-corrected chi connectivity index (χ1v) is 7.90. The molecule has 0 heterocycles. The zero-order chi connectivity index (χ0) is 14.3. The Morgan fingerprint density at radius 3 is 1.94 bits per heavy atom. The lowest BCUT2D eigenvalue weighted by molar-refractivity contribution is 0.112. The molecule has 0 aliphatic carbocycles. The minimum absolute atomic E-state index is 0.168. The molecule has 0 rings (SSSR count). The van der Waals surface area contributed by atoms with E-state index in [1.165, 1.54) is 19.3 Å². The molecule has 0 saturated heterocycles. The summed E-state index contributed by atoms with van der Waals surface area (Å²) >= 11 is 0. The van der Waals surface area contributed by atoms with E-state index in [1.807, 2.05) is 13.8 Å². The van der Waals surface area contributed by atoms with Crippen LogP contribution in [0.25, 0.3) is 0 Å². The SMILES string of the molecule is CCCC(C)(C)C(CC)C(C)CCC(F)C(C)C. The summed E-state index contributed by atoms with van der Waals surface area (Å²) in [7, 11) is 0. The fraction of sp³-hybridized carbons (Fsp3) is 1.00. The summed E-state index contributed by atoms with van der Waals surface area (Å²) in [6, 6.07) is 0. The van der Waals surface area contributed by atoms with Crippen LogP contribution < -0.4 is 0 Å². The second kappa shape index (κ2) is 8.17. The van der Waals surface area contributed by atoms with E-state index >= 15 is 0 Å². The minimum atomic E-state index is -0.626. The first-order valence-electron chi connectivity index (χ1n) is 7.90. The van der Waals surface area contributed by atoms with Gasteiger partial charge >= 0.3 is 0 Å². The summed E-state index contributed by atoms with van der Waals surface area (Å²) in [5.74, 6) is 1.52. The Morgan fingerprint density at radius 1 is 1.00 bits per heavy atom. The highest BCUT2D eigenvalue weighted by molar-refractivity contribution is 4.81. The molecule has 0 spiro atoms. The summed E-state index contributed by atoms with van der Waals surface area (Å²) in [6.45, 7) is 15.6. The zero-order valence-electron chi connectivity index (χ0n) is 13.7. The van der Waals surface area contributed by atoms with Crippen LogP contribution in [0.4, 0.5) is 4.39 Å². The number of rotatable bonds is 9. The number of hydrogen-bond acceptors (Lipinski definition) is 0. The minimum Gasteiger partial charge on any atom is -0.247 e. The van der Waals surface area contributed by atoms with Gasteiger partial charge in [0.15, 0.2) is 0 Å². The lowest BCUT2D eigenvalue weighted by Crippen LogP contribution is -2.29. The van der Waals surface area contributed by atoms with Crippen molar-refractivity contribution >= 4 is 0 Å². The third-order valence-electron chi connectivity index (χ3n) is 4.65. The van der Waals surface area contributed by atoms with E-state index in [0.29, 0.717) is 11.3 Å². The maximum absolute atomic E-state index is 13.7. The molecule has 0 aliphatic rings. The van der Waals surface area contributed by atoms with Crippen LogP contribution in [0, 0.1) is 23.2 Å². The topological polar surface area (TPSA) is 0 Å². The van der Waals surface area contributed by atoms with E-state index in [0.717, 1.165) is 18.8 Å². The first-order chi connectivity index (χ1) is 8.26. The van der Waals surface area contributed by atoms with Crippen molar-refractivity contribution in [1.82, 2.24) is 0 Å². The first kappa shape index (κ1) is 17.9. The zero-order valence-corrected chi connectivity index (χ0v) is 13.7. The van der Waals surface area contributed by atoms with E-state index in [4.69, 9.17) is 0 Å². The van der Waals surface area contributed by atoms with Gasteiger partial charge in [-0.3, -0.25) is 0 Å². The quantitative estimate of drug-likeness (QED) is 0.458. The summed E-state index contributed by atoms with van der Waals surface area (Å²) in [4.78, 5) is 0. The van der Waals surface area contributed by atoms with Crippen LogP contribution in [0.1, 0.15) is 80.6 Å². The Morgan fingerprint density at radius 2 is 1.56 bits per heavy atom. The lowest BCUT2D eigenvalue weighted by Gasteiger charge is -2.38. The molecule has 0 radical (unpaired) electrons. The van der Waals surface area contributed by atoms with Crippen LogP contribution in [0.2, 0.25) is 0 Å². The Labute approximate surface area is 115 Å². The molecule has 0 saturated carbocycles. The molecular weight excluding hydrogens is 223 g/mol. The molecular formula is C17H35F. The molecule has 0 nitrogen and oxygen atoms in total. The number of hydrogen-bond donors (Lipinski definition) is 0. The molecule has 18 heavy (non-hydrogen) atoms. The van der Waals surface area contributed by atoms with Crippen molar-refractivity contribution in [2.75, 3.05) is 0 Å². The largest absolute Gasteiger partial charge is 0.247 e. The highest BCUT2D eigenvalue weighted by Gasteiger charge is 2.31. The van der Waals surface area contributed by atoms with Gasteiger partial charge in [-0.2, -0.15) is 0 Å². The van der Waals surface area contributed by atoms with E-state index in [2.05, 4.69) is 34.6 Å².